The number of amides is 1. The Morgan fingerprint density at radius 2 is 1.50 bits per heavy atom. The molecule has 0 aliphatic rings. The Kier molecular flexibility index (Phi) is 7.86. The number of nitrogens with zero attached hydrogens (tertiary/aromatic N) is 1. The number of ether oxygens (including phenoxy) is 2. The van der Waals surface area contributed by atoms with E-state index in [2.05, 4.69) is 4.72 Å². The monoisotopic (exact) mass is 454 g/mol. The number of hydrogen-bond acceptors (Lipinski definition) is 5. The maximum Gasteiger partial charge on any atom is 0.260 e. The van der Waals surface area contributed by atoms with Crippen molar-refractivity contribution in [2.45, 2.75) is 18.0 Å². The van der Waals surface area contributed by atoms with Crippen molar-refractivity contribution in [1.29, 1.82) is 0 Å². The van der Waals surface area contributed by atoms with Gasteiger partial charge in [0.1, 0.15) is 11.5 Å². The van der Waals surface area contributed by atoms with Crippen LogP contribution in [0.3, 0.4) is 0 Å². The van der Waals surface area contributed by atoms with E-state index in [-0.39, 0.29) is 24.0 Å². The largest absolute Gasteiger partial charge is 0.497 e. The Bertz CT molecular complexity index is 1120. The molecule has 0 bridgehead atoms. The predicted octanol–water partition coefficient (Wildman–Crippen LogP) is 3.21. The number of carbonyl (C=O) groups is 1. The van der Waals surface area contributed by atoms with Gasteiger partial charge in [-0.1, -0.05) is 42.5 Å². The molecule has 0 unspecified atom stereocenters. The predicted molar refractivity (Wildman–Crippen MR) is 122 cm³/mol. The Hall–Kier alpha value is -3.36. The summed E-state index contributed by atoms with van der Waals surface area (Å²) in [6.07, 6.45) is 0. The van der Waals surface area contributed by atoms with Gasteiger partial charge >= 0.3 is 0 Å². The lowest BCUT2D eigenvalue weighted by atomic mass is 10.2. The zero-order chi connectivity index (χ0) is 23.0. The molecule has 3 rings (SSSR count). The molecule has 0 radical (unpaired) electrons. The second-order valence-electron chi connectivity index (χ2n) is 7.17. The van der Waals surface area contributed by atoms with Gasteiger partial charge in [0.05, 0.1) is 12.0 Å². The van der Waals surface area contributed by atoms with Crippen LogP contribution in [0.5, 0.6) is 11.5 Å². The van der Waals surface area contributed by atoms with Gasteiger partial charge in [0.15, 0.2) is 6.61 Å². The van der Waals surface area contributed by atoms with Crippen molar-refractivity contribution in [1.82, 2.24) is 9.62 Å². The molecule has 0 heterocycles. The second-order valence-corrected chi connectivity index (χ2v) is 8.94. The van der Waals surface area contributed by atoms with Gasteiger partial charge in [0, 0.05) is 20.1 Å². The van der Waals surface area contributed by atoms with Crippen molar-refractivity contribution in [2.24, 2.45) is 0 Å². The fourth-order valence-electron chi connectivity index (χ4n) is 2.92. The van der Waals surface area contributed by atoms with Crippen molar-refractivity contribution >= 4 is 15.9 Å². The summed E-state index contributed by atoms with van der Waals surface area (Å²) in [6.45, 7) is 0.498. The number of benzene rings is 3. The van der Waals surface area contributed by atoms with Gasteiger partial charge < -0.3 is 14.4 Å². The number of likely N-dealkylation sites (N-methyl/N-ethyl adjacent to an activating group) is 1. The zero-order valence-electron chi connectivity index (χ0n) is 18.0. The first kappa shape index (κ1) is 23.3. The molecule has 0 spiro atoms. The zero-order valence-corrected chi connectivity index (χ0v) is 18.8. The molecule has 0 aliphatic carbocycles. The highest BCUT2D eigenvalue weighted by Gasteiger charge is 2.15. The van der Waals surface area contributed by atoms with Crippen molar-refractivity contribution in [3.05, 3.63) is 90.0 Å². The number of carbonyl (C=O) groups excluding carboxylic acids is 1. The summed E-state index contributed by atoms with van der Waals surface area (Å²) in [5, 5.41) is 0. The van der Waals surface area contributed by atoms with E-state index in [0.717, 1.165) is 16.9 Å². The normalized spacial score (nSPS) is 11.1. The van der Waals surface area contributed by atoms with E-state index in [9.17, 15) is 13.2 Å². The highest BCUT2D eigenvalue weighted by molar-refractivity contribution is 7.89. The van der Waals surface area contributed by atoms with Crippen molar-refractivity contribution < 1.29 is 22.7 Å². The van der Waals surface area contributed by atoms with E-state index in [0.29, 0.717) is 12.3 Å². The molecule has 3 aromatic carbocycles. The number of sulfonamides is 1. The van der Waals surface area contributed by atoms with Crippen LogP contribution in [0.1, 0.15) is 11.1 Å². The van der Waals surface area contributed by atoms with Crippen LogP contribution in [0.2, 0.25) is 0 Å². The SMILES string of the molecule is COc1ccc(CN(C)C(=O)COc2ccc(S(=O)(=O)NCc3ccccc3)cc2)cc1. The van der Waals surface area contributed by atoms with E-state index in [1.54, 1.807) is 19.1 Å². The van der Waals surface area contributed by atoms with Crippen LogP contribution in [0, 0.1) is 0 Å². The summed E-state index contributed by atoms with van der Waals surface area (Å²) in [5.74, 6) is 0.979. The van der Waals surface area contributed by atoms with Gasteiger partial charge in [0.25, 0.3) is 5.91 Å². The van der Waals surface area contributed by atoms with E-state index in [1.165, 1.54) is 24.3 Å². The highest BCUT2D eigenvalue weighted by Crippen LogP contribution is 2.17. The molecule has 168 valence electrons. The number of rotatable bonds is 10. The number of methoxy groups -OCH3 is 1. The Balaban J connectivity index is 1.50. The molecule has 0 saturated heterocycles. The van der Waals surface area contributed by atoms with Gasteiger partial charge in [-0.15, -0.1) is 0 Å². The summed E-state index contributed by atoms with van der Waals surface area (Å²) in [6, 6.07) is 22.7. The molecule has 8 heteroatoms. The molecular weight excluding hydrogens is 428 g/mol. The van der Waals surface area contributed by atoms with Crippen LogP contribution < -0.4 is 14.2 Å². The van der Waals surface area contributed by atoms with E-state index in [1.807, 2.05) is 54.6 Å². The Morgan fingerprint density at radius 1 is 0.875 bits per heavy atom. The van der Waals surface area contributed by atoms with Gasteiger partial charge in [0.2, 0.25) is 10.0 Å². The standard InChI is InChI=1S/C24H26N2O5S/c1-26(17-20-8-10-21(30-2)11-9-20)24(27)18-31-22-12-14-23(15-13-22)32(28,29)25-16-19-6-4-3-5-7-19/h3-15,25H,16-18H2,1-2H3. The Labute approximate surface area is 188 Å². The molecule has 0 saturated carbocycles. The summed E-state index contributed by atoms with van der Waals surface area (Å²) in [4.78, 5) is 14.1. The summed E-state index contributed by atoms with van der Waals surface area (Å²) < 4.78 is 38.2. The van der Waals surface area contributed by atoms with Crippen molar-refractivity contribution in [2.75, 3.05) is 20.8 Å². The van der Waals surface area contributed by atoms with E-state index >= 15 is 0 Å². The minimum absolute atomic E-state index is 0.128. The minimum atomic E-state index is -3.65. The van der Waals surface area contributed by atoms with E-state index in [4.69, 9.17) is 9.47 Å². The van der Waals surface area contributed by atoms with Crippen LogP contribution >= 0.6 is 0 Å². The molecule has 32 heavy (non-hydrogen) atoms. The fourth-order valence-corrected chi connectivity index (χ4v) is 3.94. The van der Waals surface area contributed by atoms with E-state index < -0.39 is 10.0 Å². The van der Waals surface area contributed by atoms with Crippen LogP contribution in [-0.4, -0.2) is 40.0 Å². The molecule has 7 nitrogen and oxygen atoms in total. The molecule has 0 atom stereocenters. The van der Waals surface area contributed by atoms with Gasteiger partial charge in [-0.05, 0) is 47.5 Å². The molecule has 1 N–H and O–H groups in total. The van der Waals surface area contributed by atoms with Crippen molar-refractivity contribution in [3.8, 4) is 11.5 Å². The number of nitrogens with one attached hydrogen (secondary N) is 1. The third-order valence-corrected chi connectivity index (χ3v) is 6.23. The molecule has 0 fully saturated rings. The summed E-state index contributed by atoms with van der Waals surface area (Å²) in [7, 11) is -0.348. The lowest BCUT2D eigenvalue weighted by Gasteiger charge is -2.18. The summed E-state index contributed by atoms with van der Waals surface area (Å²) in [5.41, 5.74) is 1.84. The van der Waals surface area contributed by atoms with Crippen LogP contribution in [0.4, 0.5) is 0 Å². The Morgan fingerprint density at radius 3 is 2.12 bits per heavy atom. The van der Waals surface area contributed by atoms with Crippen LogP contribution in [0.15, 0.2) is 83.8 Å². The topological polar surface area (TPSA) is 84.9 Å². The third-order valence-electron chi connectivity index (χ3n) is 4.81. The van der Waals surface area contributed by atoms with Crippen LogP contribution in [0.25, 0.3) is 0 Å². The highest BCUT2D eigenvalue weighted by atomic mass is 32.2. The van der Waals surface area contributed by atoms with Crippen LogP contribution in [-0.2, 0) is 27.9 Å². The average molecular weight is 455 g/mol. The summed E-state index contributed by atoms with van der Waals surface area (Å²) >= 11 is 0. The second kappa shape index (κ2) is 10.8. The molecule has 1 amide bonds. The lowest BCUT2D eigenvalue weighted by Crippen LogP contribution is -2.30. The quantitative estimate of drug-likeness (QED) is 0.509. The molecule has 0 aromatic heterocycles. The fraction of sp³-hybridized carbons (Fsp3) is 0.208. The maximum atomic E-state index is 12.5. The smallest absolute Gasteiger partial charge is 0.260 e. The van der Waals surface area contributed by atoms with Crippen molar-refractivity contribution in [3.63, 3.8) is 0 Å². The van der Waals surface area contributed by atoms with Gasteiger partial charge in [-0.25, -0.2) is 13.1 Å². The number of hydrogen-bond donors (Lipinski definition) is 1. The molecular formula is C24H26N2O5S. The average Bonchev–Trinajstić information content (AvgIpc) is 2.82. The minimum Gasteiger partial charge on any atom is -0.497 e. The van der Waals surface area contributed by atoms with Gasteiger partial charge in [-0.2, -0.15) is 0 Å². The first-order valence-corrected chi connectivity index (χ1v) is 11.5. The molecule has 0 aliphatic heterocycles. The molecule has 3 aromatic rings. The first-order valence-electron chi connectivity index (χ1n) is 10.0. The first-order chi connectivity index (χ1) is 15.4. The van der Waals surface area contributed by atoms with Gasteiger partial charge in [-0.3, -0.25) is 4.79 Å². The lowest BCUT2D eigenvalue weighted by molar-refractivity contribution is -0.132. The third kappa shape index (κ3) is 6.57. The maximum absolute atomic E-state index is 12.5.